The van der Waals surface area contributed by atoms with E-state index in [-0.39, 0.29) is 53.8 Å². The van der Waals surface area contributed by atoms with E-state index >= 15 is 0 Å². The Labute approximate surface area is 267 Å². The topological polar surface area (TPSA) is 137 Å². The molecule has 2 aliphatic rings. The number of piperidine rings is 1. The van der Waals surface area contributed by atoms with Crippen molar-refractivity contribution < 1.29 is 18.7 Å². The molecule has 0 saturated carbocycles. The fraction of sp³-hybridized carbons (Fsp3) is 0.355. The second kappa shape index (κ2) is 13.2. The van der Waals surface area contributed by atoms with Crippen molar-refractivity contribution >= 4 is 29.2 Å². The maximum atomic E-state index is 14.4. The van der Waals surface area contributed by atoms with Crippen molar-refractivity contribution in [1.29, 1.82) is 0 Å². The molecule has 0 unspecified atom stereocenters. The van der Waals surface area contributed by atoms with Gasteiger partial charge in [0.1, 0.15) is 30.8 Å². The third-order valence-electron chi connectivity index (χ3n) is 8.53. The summed E-state index contributed by atoms with van der Waals surface area (Å²) in [4.78, 5) is 57.1. The molecule has 0 bridgehead atoms. The van der Waals surface area contributed by atoms with E-state index in [9.17, 15) is 23.6 Å². The fourth-order valence-electron chi connectivity index (χ4n) is 5.99. The highest BCUT2D eigenvalue weighted by atomic mass is 35.5. The molecule has 2 aromatic heterocycles. The molecular formula is C31H32ClFN8O5. The Balaban J connectivity index is 1.18. The van der Waals surface area contributed by atoms with Crippen LogP contribution in [0, 0.1) is 5.82 Å². The normalized spacial score (nSPS) is 15.3. The van der Waals surface area contributed by atoms with Crippen molar-refractivity contribution in [1.82, 2.24) is 33.7 Å². The molecule has 0 aliphatic carbocycles. The van der Waals surface area contributed by atoms with Gasteiger partial charge in [-0.3, -0.25) is 18.7 Å². The summed E-state index contributed by atoms with van der Waals surface area (Å²) >= 11 is 6.22. The quantitative estimate of drug-likeness (QED) is 0.310. The molecule has 0 spiro atoms. The fourth-order valence-corrected chi connectivity index (χ4v) is 6.22. The number of nitrogens with one attached hydrogen (secondary N) is 1. The lowest BCUT2D eigenvalue weighted by Crippen LogP contribution is -2.51. The van der Waals surface area contributed by atoms with E-state index in [1.807, 2.05) is 23.1 Å². The Kier molecular flexibility index (Phi) is 8.88. The minimum Gasteiger partial charge on any atom is -0.497 e. The first-order valence-electron chi connectivity index (χ1n) is 14.9. The van der Waals surface area contributed by atoms with Crippen LogP contribution in [0.4, 0.5) is 14.9 Å². The van der Waals surface area contributed by atoms with Gasteiger partial charge in [-0.05, 0) is 49.1 Å². The molecule has 2 aliphatic heterocycles. The molecule has 0 radical (unpaired) electrons. The van der Waals surface area contributed by atoms with E-state index in [0.717, 1.165) is 26.1 Å². The number of aryl methyl sites for hydroxylation is 1. The molecule has 240 valence electrons. The molecule has 4 aromatic rings. The van der Waals surface area contributed by atoms with Crippen LogP contribution in [0.1, 0.15) is 18.4 Å². The third-order valence-corrected chi connectivity index (χ3v) is 8.91. The van der Waals surface area contributed by atoms with Crippen LogP contribution in [0.15, 0.2) is 64.8 Å². The number of urea groups is 1. The number of hydrogen-bond donors (Lipinski definition) is 1. The number of aromatic nitrogens is 5. The predicted octanol–water partition coefficient (Wildman–Crippen LogP) is 2.85. The molecule has 2 aromatic carbocycles. The van der Waals surface area contributed by atoms with Crippen molar-refractivity contribution in [3.63, 3.8) is 0 Å². The first-order chi connectivity index (χ1) is 22.2. The molecule has 1 saturated heterocycles. The van der Waals surface area contributed by atoms with Crippen LogP contribution in [0.5, 0.6) is 5.75 Å². The number of fused-ring (bicyclic) bond motifs is 1. The minimum atomic E-state index is -0.715. The Bertz CT molecular complexity index is 1880. The largest absolute Gasteiger partial charge is 0.497 e. The second-order valence-electron chi connectivity index (χ2n) is 11.2. The summed E-state index contributed by atoms with van der Waals surface area (Å²) in [6.07, 6.45) is 5.97. The van der Waals surface area contributed by atoms with E-state index in [0.29, 0.717) is 38.9 Å². The van der Waals surface area contributed by atoms with Crippen molar-refractivity contribution in [2.75, 3.05) is 32.1 Å². The van der Waals surface area contributed by atoms with Gasteiger partial charge in [0.15, 0.2) is 0 Å². The smallest absolute Gasteiger partial charge is 0.331 e. The number of benzene rings is 2. The zero-order chi connectivity index (χ0) is 32.4. The predicted molar refractivity (Wildman–Crippen MR) is 167 cm³/mol. The molecule has 4 heterocycles. The lowest BCUT2D eigenvalue weighted by Gasteiger charge is -2.38. The van der Waals surface area contributed by atoms with Gasteiger partial charge in [-0.2, -0.15) is 0 Å². The van der Waals surface area contributed by atoms with Crippen molar-refractivity contribution in [2.24, 2.45) is 0 Å². The Morgan fingerprint density at radius 2 is 1.80 bits per heavy atom. The van der Waals surface area contributed by atoms with E-state index in [1.165, 1.54) is 37.1 Å². The van der Waals surface area contributed by atoms with Crippen LogP contribution < -0.4 is 21.3 Å². The summed E-state index contributed by atoms with van der Waals surface area (Å²) in [5.41, 5.74) is 0.512. The van der Waals surface area contributed by atoms with Crippen LogP contribution in [-0.2, 0) is 30.8 Å². The summed E-state index contributed by atoms with van der Waals surface area (Å²) in [6.45, 7) is 1.15. The second-order valence-corrected chi connectivity index (χ2v) is 11.6. The van der Waals surface area contributed by atoms with Gasteiger partial charge < -0.3 is 24.4 Å². The summed E-state index contributed by atoms with van der Waals surface area (Å²) in [5.74, 6) is -0.307. The summed E-state index contributed by atoms with van der Waals surface area (Å²) in [6, 6.07) is 9.40. The van der Waals surface area contributed by atoms with E-state index in [4.69, 9.17) is 16.3 Å². The highest BCUT2D eigenvalue weighted by Gasteiger charge is 2.32. The van der Waals surface area contributed by atoms with Gasteiger partial charge in [-0.25, -0.2) is 14.0 Å². The molecular weight excluding hydrogens is 619 g/mol. The molecule has 0 atom stereocenters. The van der Waals surface area contributed by atoms with Crippen LogP contribution in [-0.4, -0.2) is 78.4 Å². The lowest BCUT2D eigenvalue weighted by atomic mass is 10.0. The van der Waals surface area contributed by atoms with Crippen molar-refractivity contribution in [2.45, 2.75) is 44.9 Å². The van der Waals surface area contributed by atoms with Crippen LogP contribution in [0.2, 0.25) is 5.02 Å². The summed E-state index contributed by atoms with van der Waals surface area (Å²) in [7, 11) is 1.60. The number of rotatable bonds is 8. The Morgan fingerprint density at radius 3 is 2.54 bits per heavy atom. The number of likely N-dealkylation sites (tertiary alicyclic amines) is 1. The Morgan fingerprint density at radius 1 is 1.04 bits per heavy atom. The molecule has 46 heavy (non-hydrogen) atoms. The average Bonchev–Trinajstić information content (AvgIpc) is 3.52. The van der Waals surface area contributed by atoms with Gasteiger partial charge in [0, 0.05) is 56.2 Å². The number of amides is 3. The molecule has 6 rings (SSSR count). The number of anilines is 1. The zero-order valence-electron chi connectivity index (χ0n) is 25.1. The maximum absolute atomic E-state index is 14.4. The molecule has 1 fully saturated rings. The first-order valence-corrected chi connectivity index (χ1v) is 15.2. The number of carbonyl (C=O) groups is 2. The van der Waals surface area contributed by atoms with Gasteiger partial charge in [0.05, 0.1) is 17.7 Å². The van der Waals surface area contributed by atoms with Crippen molar-refractivity contribution in [3.8, 4) is 16.9 Å². The van der Waals surface area contributed by atoms with E-state index in [2.05, 4.69) is 15.5 Å². The number of carbonyl (C=O) groups excluding carboxylic acids is 2. The van der Waals surface area contributed by atoms with Gasteiger partial charge in [0.25, 0.3) is 5.56 Å². The molecule has 13 nitrogen and oxygen atoms in total. The summed E-state index contributed by atoms with van der Waals surface area (Å²) in [5, 5.41) is 10.2. The van der Waals surface area contributed by atoms with Gasteiger partial charge in [-0.15, -0.1) is 10.2 Å². The van der Waals surface area contributed by atoms with Gasteiger partial charge >= 0.3 is 11.7 Å². The first kappa shape index (κ1) is 31.0. The number of nitrogens with zero attached hydrogens (tertiary/aromatic N) is 7. The molecule has 3 amide bonds. The molecule has 15 heteroatoms. The van der Waals surface area contributed by atoms with Crippen LogP contribution in [0.3, 0.4) is 0 Å². The average molecular weight is 651 g/mol. The number of methoxy groups -OCH3 is 1. The van der Waals surface area contributed by atoms with E-state index in [1.54, 1.807) is 16.6 Å². The highest BCUT2D eigenvalue weighted by molar-refractivity contribution is 6.33. The lowest BCUT2D eigenvalue weighted by molar-refractivity contribution is -0.133. The third kappa shape index (κ3) is 6.25. The van der Waals surface area contributed by atoms with Crippen molar-refractivity contribution in [3.05, 3.63) is 92.5 Å². The minimum absolute atomic E-state index is 0.00911. The summed E-state index contributed by atoms with van der Waals surface area (Å²) < 4.78 is 23.4. The monoisotopic (exact) mass is 650 g/mol. The van der Waals surface area contributed by atoms with E-state index < -0.39 is 17.1 Å². The number of halogens is 2. The van der Waals surface area contributed by atoms with Gasteiger partial charge in [-0.1, -0.05) is 23.7 Å². The highest BCUT2D eigenvalue weighted by Crippen LogP contribution is 2.29. The Hall–Kier alpha value is -4.98. The van der Waals surface area contributed by atoms with Crippen LogP contribution >= 0.6 is 11.6 Å². The zero-order valence-corrected chi connectivity index (χ0v) is 25.8. The standard InChI is InChI=1S/C31H32ClFN8O5/c1-46-22-5-6-26-20(15-22)7-12-40(30(44)36-26)21-8-10-38(11-9-21)27(42)17-39-16-24(23-3-2-4-25(33)28(23)32)29(43)41(31(39)45)14-13-37-18-34-35-19-37/h2-6,15-16,18-19,21H,7-14,17H2,1H3,(H,36,44). The van der Waals surface area contributed by atoms with Crippen LogP contribution in [0.25, 0.3) is 11.1 Å². The number of hydrogen-bond acceptors (Lipinski definition) is 7. The maximum Gasteiger partial charge on any atom is 0.331 e. The molecule has 1 N–H and O–H groups in total. The SMILES string of the molecule is COc1ccc2c(c1)CCN(C1CCN(C(=O)Cn3cc(-c4cccc(F)c4Cl)c(=O)n(CCn4cnnc4)c3=O)CC1)C(=O)N2. The van der Waals surface area contributed by atoms with Gasteiger partial charge in [0.2, 0.25) is 5.91 Å². The number of ether oxygens (including phenoxy) is 1.